The van der Waals surface area contributed by atoms with Gasteiger partial charge in [0.15, 0.2) is 0 Å². The number of aromatic hydroxyl groups is 1. The molecule has 5 heteroatoms. The number of hydrogen-bond acceptors (Lipinski definition) is 3. The third-order valence-electron chi connectivity index (χ3n) is 3.85. The Morgan fingerprint density at radius 2 is 1.68 bits per heavy atom. The Hall–Kier alpha value is -1.78. The van der Waals surface area contributed by atoms with Gasteiger partial charge in [-0.3, -0.25) is 0 Å². The van der Waals surface area contributed by atoms with Gasteiger partial charge in [-0.05, 0) is 42.5 Å². The summed E-state index contributed by atoms with van der Waals surface area (Å²) >= 11 is 11.6. The molecular weight excluding hydrogens is 316 g/mol. The van der Waals surface area contributed by atoms with Gasteiger partial charge in [-0.25, -0.2) is 0 Å². The SMILES string of the molecule is Oc1ccc(C(=S)N2CCN(c3cccc(Cl)c3)CC2)cc1. The topological polar surface area (TPSA) is 26.7 Å². The second-order valence-electron chi connectivity index (χ2n) is 5.31. The number of benzene rings is 2. The van der Waals surface area contributed by atoms with Crippen LogP contribution in [0.5, 0.6) is 5.75 Å². The van der Waals surface area contributed by atoms with E-state index in [0.717, 1.165) is 47.4 Å². The van der Waals surface area contributed by atoms with Crippen LogP contribution in [0.4, 0.5) is 5.69 Å². The largest absolute Gasteiger partial charge is 0.508 e. The second kappa shape index (κ2) is 6.55. The van der Waals surface area contributed by atoms with E-state index in [9.17, 15) is 5.11 Å². The summed E-state index contributed by atoms with van der Waals surface area (Å²) in [5, 5.41) is 10.1. The smallest absolute Gasteiger partial charge is 0.115 e. The zero-order valence-electron chi connectivity index (χ0n) is 12.1. The molecule has 1 heterocycles. The van der Waals surface area contributed by atoms with Gasteiger partial charge >= 0.3 is 0 Å². The molecule has 2 aromatic carbocycles. The second-order valence-corrected chi connectivity index (χ2v) is 6.13. The lowest BCUT2D eigenvalue weighted by molar-refractivity contribution is 0.392. The van der Waals surface area contributed by atoms with Crippen LogP contribution in [0.3, 0.4) is 0 Å². The maximum absolute atomic E-state index is 9.36. The molecule has 1 N–H and O–H groups in total. The first-order valence-corrected chi connectivity index (χ1v) is 8.01. The number of halogens is 1. The molecule has 0 saturated carbocycles. The number of thiocarbonyl (C=S) groups is 1. The van der Waals surface area contributed by atoms with Gasteiger partial charge in [0.05, 0.1) is 0 Å². The van der Waals surface area contributed by atoms with Gasteiger partial charge in [0.2, 0.25) is 0 Å². The molecule has 22 heavy (non-hydrogen) atoms. The first-order chi connectivity index (χ1) is 10.6. The number of hydrogen-bond donors (Lipinski definition) is 1. The van der Waals surface area contributed by atoms with Crippen LogP contribution in [-0.4, -0.2) is 41.2 Å². The van der Waals surface area contributed by atoms with Crippen molar-refractivity contribution in [3.63, 3.8) is 0 Å². The van der Waals surface area contributed by atoms with Crippen LogP contribution in [-0.2, 0) is 0 Å². The van der Waals surface area contributed by atoms with Crippen molar-refractivity contribution in [2.45, 2.75) is 0 Å². The van der Waals surface area contributed by atoms with E-state index in [4.69, 9.17) is 23.8 Å². The van der Waals surface area contributed by atoms with Gasteiger partial charge < -0.3 is 14.9 Å². The van der Waals surface area contributed by atoms with Gasteiger partial charge in [-0.15, -0.1) is 0 Å². The Morgan fingerprint density at radius 1 is 1.00 bits per heavy atom. The van der Waals surface area contributed by atoms with Crippen LogP contribution in [0.1, 0.15) is 5.56 Å². The number of piperazine rings is 1. The quantitative estimate of drug-likeness (QED) is 0.851. The van der Waals surface area contributed by atoms with Gasteiger partial charge in [0, 0.05) is 42.5 Å². The standard InChI is InChI=1S/C17H17ClN2OS/c18-14-2-1-3-15(12-14)19-8-10-20(11-9-19)17(22)13-4-6-16(21)7-5-13/h1-7,12,21H,8-11H2. The first-order valence-electron chi connectivity index (χ1n) is 7.22. The lowest BCUT2D eigenvalue weighted by Crippen LogP contribution is -2.48. The molecule has 0 bridgehead atoms. The molecular formula is C17H17ClN2OS. The minimum absolute atomic E-state index is 0.261. The summed E-state index contributed by atoms with van der Waals surface area (Å²) in [7, 11) is 0. The van der Waals surface area contributed by atoms with Crippen molar-refractivity contribution in [2.24, 2.45) is 0 Å². The Labute approximate surface area is 140 Å². The van der Waals surface area contributed by atoms with E-state index in [1.807, 2.05) is 30.3 Å². The normalized spacial score (nSPS) is 15.0. The van der Waals surface area contributed by atoms with Crippen molar-refractivity contribution < 1.29 is 5.11 Å². The number of phenolic OH excluding ortho intramolecular Hbond substituents is 1. The summed E-state index contributed by atoms with van der Waals surface area (Å²) in [6, 6.07) is 15.0. The first kappa shape index (κ1) is 15.1. The summed E-state index contributed by atoms with van der Waals surface area (Å²) in [5.74, 6) is 0.261. The minimum atomic E-state index is 0.261. The summed E-state index contributed by atoms with van der Waals surface area (Å²) in [4.78, 5) is 5.37. The third kappa shape index (κ3) is 3.34. The molecule has 0 spiro atoms. The molecule has 0 aliphatic carbocycles. The van der Waals surface area contributed by atoms with Gasteiger partial charge in [-0.1, -0.05) is 29.9 Å². The highest BCUT2D eigenvalue weighted by molar-refractivity contribution is 7.80. The van der Waals surface area contributed by atoms with Crippen molar-refractivity contribution in [3.8, 4) is 5.75 Å². The predicted octanol–water partition coefficient (Wildman–Crippen LogP) is 3.54. The van der Waals surface area contributed by atoms with Crippen LogP contribution in [0.15, 0.2) is 48.5 Å². The van der Waals surface area contributed by atoms with Crippen LogP contribution >= 0.6 is 23.8 Å². The predicted molar refractivity (Wildman–Crippen MR) is 95.0 cm³/mol. The molecule has 3 rings (SSSR count). The van der Waals surface area contributed by atoms with Gasteiger partial charge in [0.1, 0.15) is 10.7 Å². The molecule has 0 amide bonds. The monoisotopic (exact) mass is 332 g/mol. The summed E-state index contributed by atoms with van der Waals surface area (Å²) in [6.45, 7) is 3.59. The highest BCUT2D eigenvalue weighted by atomic mass is 35.5. The molecule has 0 unspecified atom stereocenters. The third-order valence-corrected chi connectivity index (χ3v) is 4.58. The highest BCUT2D eigenvalue weighted by Gasteiger charge is 2.20. The van der Waals surface area contributed by atoms with Crippen molar-refractivity contribution >= 4 is 34.5 Å². The Balaban J connectivity index is 1.64. The maximum Gasteiger partial charge on any atom is 0.115 e. The summed E-state index contributed by atoms with van der Waals surface area (Å²) in [5.41, 5.74) is 2.13. The van der Waals surface area contributed by atoms with E-state index in [1.54, 1.807) is 12.1 Å². The average molecular weight is 333 g/mol. The maximum atomic E-state index is 9.36. The van der Waals surface area contributed by atoms with Crippen LogP contribution in [0, 0.1) is 0 Å². The molecule has 1 fully saturated rings. The number of phenols is 1. The fourth-order valence-corrected chi connectivity index (χ4v) is 3.13. The molecule has 0 aromatic heterocycles. The lowest BCUT2D eigenvalue weighted by atomic mass is 10.2. The summed E-state index contributed by atoms with van der Waals surface area (Å²) < 4.78 is 0. The number of anilines is 1. The molecule has 3 nitrogen and oxygen atoms in total. The fourth-order valence-electron chi connectivity index (χ4n) is 2.63. The highest BCUT2D eigenvalue weighted by Crippen LogP contribution is 2.21. The van der Waals surface area contributed by atoms with Gasteiger partial charge in [0.25, 0.3) is 0 Å². The average Bonchev–Trinajstić information content (AvgIpc) is 2.55. The van der Waals surface area contributed by atoms with Crippen LogP contribution < -0.4 is 4.90 Å². The molecule has 0 radical (unpaired) electrons. The van der Waals surface area contributed by atoms with Crippen molar-refractivity contribution in [1.29, 1.82) is 0 Å². The number of rotatable bonds is 2. The van der Waals surface area contributed by atoms with E-state index in [2.05, 4.69) is 15.9 Å². The van der Waals surface area contributed by atoms with E-state index in [-0.39, 0.29) is 5.75 Å². The zero-order chi connectivity index (χ0) is 15.5. The van der Waals surface area contributed by atoms with Crippen LogP contribution in [0.2, 0.25) is 5.02 Å². The molecule has 0 atom stereocenters. The molecule has 1 aliphatic heterocycles. The molecule has 1 aliphatic rings. The van der Waals surface area contributed by atoms with Crippen molar-refractivity contribution in [1.82, 2.24) is 4.90 Å². The van der Waals surface area contributed by atoms with Gasteiger partial charge in [-0.2, -0.15) is 0 Å². The summed E-state index contributed by atoms with van der Waals surface area (Å²) in [6.07, 6.45) is 0. The lowest BCUT2D eigenvalue weighted by Gasteiger charge is -2.37. The van der Waals surface area contributed by atoms with Crippen molar-refractivity contribution in [3.05, 3.63) is 59.1 Å². The Kier molecular flexibility index (Phi) is 4.50. The minimum Gasteiger partial charge on any atom is -0.508 e. The van der Waals surface area contributed by atoms with E-state index >= 15 is 0 Å². The zero-order valence-corrected chi connectivity index (χ0v) is 13.6. The fraction of sp³-hybridized carbons (Fsp3) is 0.235. The Bertz CT molecular complexity index is 667. The molecule has 1 saturated heterocycles. The van der Waals surface area contributed by atoms with E-state index in [1.165, 1.54) is 0 Å². The van der Waals surface area contributed by atoms with E-state index < -0.39 is 0 Å². The van der Waals surface area contributed by atoms with Crippen molar-refractivity contribution in [2.75, 3.05) is 31.1 Å². The van der Waals surface area contributed by atoms with Crippen LogP contribution in [0.25, 0.3) is 0 Å². The molecule has 2 aromatic rings. The molecule has 114 valence electrons. The Morgan fingerprint density at radius 3 is 2.32 bits per heavy atom. The number of nitrogens with zero attached hydrogens (tertiary/aromatic N) is 2. The van der Waals surface area contributed by atoms with E-state index in [0.29, 0.717) is 0 Å².